The topological polar surface area (TPSA) is 47.6 Å². The first-order valence-corrected chi connectivity index (χ1v) is 14.6. The number of unbranched alkanes of at least 4 members (excludes halogenated alkanes) is 1. The molecular formula is C31H39NO3Si. The van der Waals surface area contributed by atoms with Crippen LogP contribution in [0.2, 0.25) is 5.04 Å². The largest absolute Gasteiger partial charge is 0.445 e. The van der Waals surface area contributed by atoms with Crippen molar-refractivity contribution in [2.24, 2.45) is 0 Å². The number of alkyl carbamates (subject to hydrolysis) is 1. The van der Waals surface area contributed by atoms with Crippen LogP contribution in [0.5, 0.6) is 0 Å². The third-order valence-corrected chi connectivity index (χ3v) is 11.3. The fourth-order valence-corrected chi connectivity index (χ4v) is 9.13. The predicted octanol–water partition coefficient (Wildman–Crippen LogP) is 6.21. The van der Waals surface area contributed by atoms with Crippen LogP contribution in [0.1, 0.15) is 46.1 Å². The van der Waals surface area contributed by atoms with Crippen molar-refractivity contribution in [3.63, 3.8) is 0 Å². The van der Waals surface area contributed by atoms with E-state index < -0.39 is 8.32 Å². The molecule has 0 unspecified atom stereocenters. The molecule has 4 nitrogen and oxygen atoms in total. The maximum atomic E-state index is 11.9. The normalized spacial score (nSPS) is 12.9. The lowest BCUT2D eigenvalue weighted by Crippen LogP contribution is -2.67. The molecule has 1 atom stereocenters. The monoisotopic (exact) mass is 501 g/mol. The van der Waals surface area contributed by atoms with Gasteiger partial charge in [0.05, 0.1) is 6.10 Å². The van der Waals surface area contributed by atoms with Crippen LogP contribution in [-0.2, 0) is 15.8 Å². The second kappa shape index (κ2) is 13.2. The van der Waals surface area contributed by atoms with E-state index in [4.69, 9.17) is 9.16 Å². The van der Waals surface area contributed by atoms with Crippen molar-refractivity contribution in [3.8, 4) is 0 Å². The molecule has 1 amide bonds. The van der Waals surface area contributed by atoms with Gasteiger partial charge in [0.15, 0.2) is 0 Å². The van der Waals surface area contributed by atoms with E-state index in [-0.39, 0.29) is 23.8 Å². The fourth-order valence-electron chi connectivity index (χ4n) is 4.48. The molecule has 0 aliphatic carbocycles. The van der Waals surface area contributed by atoms with E-state index in [1.807, 2.05) is 30.3 Å². The van der Waals surface area contributed by atoms with Crippen molar-refractivity contribution in [1.82, 2.24) is 5.32 Å². The summed E-state index contributed by atoms with van der Waals surface area (Å²) in [5, 5.41) is 5.33. The van der Waals surface area contributed by atoms with E-state index in [0.717, 1.165) is 18.4 Å². The Hall–Kier alpha value is -3.15. The van der Waals surface area contributed by atoms with Gasteiger partial charge in [-0.15, -0.1) is 0 Å². The second-order valence-electron chi connectivity index (χ2n) is 10.0. The molecule has 0 aromatic heterocycles. The van der Waals surface area contributed by atoms with Crippen molar-refractivity contribution in [1.29, 1.82) is 0 Å². The number of carbonyl (C=O) groups excluding carboxylic acids is 1. The highest BCUT2D eigenvalue weighted by atomic mass is 28.4. The summed E-state index contributed by atoms with van der Waals surface area (Å²) in [6.07, 6.45) is 5.56. The molecule has 1 N–H and O–H groups in total. The van der Waals surface area contributed by atoms with Crippen LogP contribution >= 0.6 is 0 Å². The first kappa shape index (κ1) is 27.4. The number of nitrogens with one attached hydrogen (secondary N) is 1. The molecule has 0 heterocycles. The summed E-state index contributed by atoms with van der Waals surface area (Å²) in [6, 6.07) is 31.1. The Morgan fingerprint density at radius 1 is 0.889 bits per heavy atom. The first-order chi connectivity index (χ1) is 17.3. The molecule has 3 aromatic rings. The van der Waals surface area contributed by atoms with Gasteiger partial charge in [-0.2, -0.15) is 0 Å². The van der Waals surface area contributed by atoms with E-state index >= 15 is 0 Å². The van der Waals surface area contributed by atoms with Gasteiger partial charge in [-0.3, -0.25) is 0 Å². The second-order valence-corrected chi connectivity index (χ2v) is 14.3. The Labute approximate surface area is 217 Å². The quantitative estimate of drug-likeness (QED) is 0.193. The molecular weight excluding hydrogens is 462 g/mol. The average molecular weight is 502 g/mol. The summed E-state index contributed by atoms with van der Waals surface area (Å²) in [5.41, 5.74) is 0.977. The highest BCUT2D eigenvalue weighted by molar-refractivity contribution is 6.99. The van der Waals surface area contributed by atoms with Crippen molar-refractivity contribution >= 4 is 24.8 Å². The molecule has 0 spiro atoms. The summed E-state index contributed by atoms with van der Waals surface area (Å²) in [5.74, 6) is 0. The minimum absolute atomic E-state index is 0.0416. The van der Waals surface area contributed by atoms with Gasteiger partial charge in [0.1, 0.15) is 6.61 Å². The van der Waals surface area contributed by atoms with Crippen LogP contribution in [0.4, 0.5) is 4.79 Å². The highest BCUT2D eigenvalue weighted by Gasteiger charge is 2.50. The summed E-state index contributed by atoms with van der Waals surface area (Å²) >= 11 is 0. The Balaban J connectivity index is 1.56. The third kappa shape index (κ3) is 7.42. The lowest BCUT2D eigenvalue weighted by molar-refractivity contribution is 0.139. The van der Waals surface area contributed by atoms with Gasteiger partial charge in [0.2, 0.25) is 0 Å². The van der Waals surface area contributed by atoms with E-state index in [1.165, 1.54) is 10.4 Å². The molecule has 0 saturated heterocycles. The van der Waals surface area contributed by atoms with Crippen LogP contribution in [0, 0.1) is 0 Å². The van der Waals surface area contributed by atoms with E-state index in [1.54, 1.807) is 0 Å². The number of hydrogen-bond acceptors (Lipinski definition) is 3. The maximum Gasteiger partial charge on any atom is 0.407 e. The van der Waals surface area contributed by atoms with Crippen LogP contribution in [0.3, 0.4) is 0 Å². The molecule has 0 aliphatic heterocycles. The Bertz CT molecular complexity index is 1040. The number of carbonyl (C=O) groups is 1. The smallest absolute Gasteiger partial charge is 0.407 e. The zero-order chi connectivity index (χ0) is 25.9. The lowest BCUT2D eigenvalue weighted by Gasteiger charge is -2.44. The van der Waals surface area contributed by atoms with Crippen molar-refractivity contribution in [2.45, 2.75) is 58.3 Å². The van der Waals surface area contributed by atoms with Gasteiger partial charge < -0.3 is 14.5 Å². The molecule has 0 fully saturated rings. The summed E-state index contributed by atoms with van der Waals surface area (Å²) in [6.45, 7) is 9.84. The summed E-state index contributed by atoms with van der Waals surface area (Å²) in [4.78, 5) is 11.9. The van der Waals surface area contributed by atoms with Gasteiger partial charge >= 0.3 is 6.09 Å². The molecule has 36 heavy (non-hydrogen) atoms. The SMILES string of the molecule is C[C@@H](/C=C/CCCNC(=O)OCc1ccccc1)O[Si](c1ccccc1)(c1ccccc1)C(C)(C)C. The molecule has 0 radical (unpaired) electrons. The highest BCUT2D eigenvalue weighted by Crippen LogP contribution is 2.37. The molecule has 0 saturated carbocycles. The molecule has 190 valence electrons. The van der Waals surface area contributed by atoms with Gasteiger partial charge in [-0.05, 0) is 40.7 Å². The van der Waals surface area contributed by atoms with Crippen LogP contribution in [0.25, 0.3) is 0 Å². The Kier molecular flexibility index (Phi) is 10.1. The zero-order valence-corrected chi connectivity index (χ0v) is 22.9. The number of rotatable bonds is 11. The first-order valence-electron chi connectivity index (χ1n) is 12.7. The van der Waals surface area contributed by atoms with Gasteiger partial charge in [-0.25, -0.2) is 4.79 Å². The fraction of sp³-hybridized carbons (Fsp3) is 0.323. The van der Waals surface area contributed by atoms with Crippen LogP contribution in [-0.4, -0.2) is 27.1 Å². The Morgan fingerprint density at radius 3 is 1.94 bits per heavy atom. The number of ether oxygens (including phenoxy) is 1. The molecule has 3 rings (SSSR count). The van der Waals surface area contributed by atoms with E-state index in [0.29, 0.717) is 6.54 Å². The minimum Gasteiger partial charge on any atom is -0.445 e. The lowest BCUT2D eigenvalue weighted by atomic mass is 10.2. The zero-order valence-electron chi connectivity index (χ0n) is 21.9. The predicted molar refractivity (Wildman–Crippen MR) is 151 cm³/mol. The molecule has 3 aromatic carbocycles. The van der Waals surface area contributed by atoms with Crippen LogP contribution in [0.15, 0.2) is 103 Å². The number of allylic oxidation sites excluding steroid dienone is 1. The number of hydrogen-bond donors (Lipinski definition) is 1. The van der Waals surface area contributed by atoms with Crippen LogP contribution < -0.4 is 15.7 Å². The van der Waals surface area contributed by atoms with E-state index in [9.17, 15) is 4.79 Å². The minimum atomic E-state index is -2.56. The van der Waals surface area contributed by atoms with E-state index in [2.05, 4.69) is 106 Å². The summed E-state index contributed by atoms with van der Waals surface area (Å²) in [7, 11) is -2.56. The third-order valence-electron chi connectivity index (χ3n) is 6.22. The molecule has 0 aliphatic rings. The van der Waals surface area contributed by atoms with Crippen molar-refractivity contribution in [3.05, 3.63) is 109 Å². The average Bonchev–Trinajstić information content (AvgIpc) is 2.89. The summed E-state index contributed by atoms with van der Waals surface area (Å²) < 4.78 is 12.3. The standard InChI is InChI=1S/C31H39NO3Si/c1-26(17-9-8-16-24-32-30(33)34-25-27-18-10-5-11-19-27)35-36(31(2,3)4,28-20-12-6-13-21-28)29-22-14-7-15-23-29/h5-7,9-15,17-23,26H,8,16,24-25H2,1-4H3,(H,32,33)/b17-9+/t26-/m0/s1. The number of benzene rings is 3. The van der Waals surface area contributed by atoms with Gasteiger partial charge in [0, 0.05) is 6.54 Å². The van der Waals surface area contributed by atoms with Crippen molar-refractivity contribution in [2.75, 3.05) is 6.54 Å². The Morgan fingerprint density at radius 2 is 1.42 bits per heavy atom. The maximum absolute atomic E-state index is 11.9. The van der Waals surface area contributed by atoms with Crippen molar-refractivity contribution < 1.29 is 14.0 Å². The van der Waals surface area contributed by atoms with Gasteiger partial charge in [0.25, 0.3) is 8.32 Å². The number of amides is 1. The molecule has 5 heteroatoms. The van der Waals surface area contributed by atoms with Gasteiger partial charge in [-0.1, -0.05) is 124 Å². The molecule has 0 bridgehead atoms.